The third-order valence-corrected chi connectivity index (χ3v) is 4.17. The standard InChI is InChI=1S/C16H20F3NO3/c17-16(18,19)8-5-9-20-13-7-4-2-1-3-6-11(13)10-12(14(20)21)15(22)23/h10H,1-9H2,(H,22,23). The molecular formula is C16H20F3NO3. The van der Waals surface area contributed by atoms with Gasteiger partial charge in [0.25, 0.3) is 5.56 Å². The van der Waals surface area contributed by atoms with Crippen molar-refractivity contribution >= 4 is 5.97 Å². The molecule has 0 bridgehead atoms. The molecule has 0 aromatic carbocycles. The second-order valence-electron chi connectivity index (χ2n) is 5.92. The minimum atomic E-state index is -4.28. The van der Waals surface area contributed by atoms with E-state index >= 15 is 0 Å². The first-order valence-electron chi connectivity index (χ1n) is 7.85. The van der Waals surface area contributed by atoms with Gasteiger partial charge in [0.15, 0.2) is 0 Å². The second kappa shape index (κ2) is 7.19. The van der Waals surface area contributed by atoms with Gasteiger partial charge in [-0.1, -0.05) is 12.8 Å². The lowest BCUT2D eigenvalue weighted by molar-refractivity contribution is -0.135. The summed E-state index contributed by atoms with van der Waals surface area (Å²) >= 11 is 0. The summed E-state index contributed by atoms with van der Waals surface area (Å²) in [6.45, 7) is -0.0954. The lowest BCUT2D eigenvalue weighted by Gasteiger charge is -2.20. The van der Waals surface area contributed by atoms with Crippen molar-refractivity contribution in [1.82, 2.24) is 4.57 Å². The van der Waals surface area contributed by atoms with Gasteiger partial charge in [-0.25, -0.2) is 4.79 Å². The Bertz CT molecular complexity index is 635. The summed E-state index contributed by atoms with van der Waals surface area (Å²) in [5.41, 5.74) is 0.450. The van der Waals surface area contributed by atoms with Crippen LogP contribution >= 0.6 is 0 Å². The molecule has 0 amide bonds. The lowest BCUT2D eigenvalue weighted by atomic mass is 9.95. The minimum Gasteiger partial charge on any atom is -0.477 e. The predicted octanol–water partition coefficient (Wildman–Crippen LogP) is 3.55. The SMILES string of the molecule is O=C(O)c1cc2c(n(CCCC(F)(F)F)c1=O)CCCCCC2. The van der Waals surface area contributed by atoms with Crippen LogP contribution in [-0.4, -0.2) is 21.8 Å². The highest BCUT2D eigenvalue weighted by Crippen LogP contribution is 2.23. The molecule has 0 saturated carbocycles. The maximum atomic E-state index is 12.3. The number of halogens is 3. The van der Waals surface area contributed by atoms with Crippen LogP contribution in [0.1, 0.15) is 60.1 Å². The van der Waals surface area contributed by atoms with Crippen LogP contribution in [0.3, 0.4) is 0 Å². The van der Waals surface area contributed by atoms with E-state index in [0.29, 0.717) is 18.5 Å². The predicted molar refractivity (Wildman–Crippen MR) is 78.8 cm³/mol. The number of pyridine rings is 1. The van der Waals surface area contributed by atoms with Crippen LogP contribution in [0, 0.1) is 0 Å². The Labute approximate surface area is 131 Å². The summed E-state index contributed by atoms with van der Waals surface area (Å²) in [4.78, 5) is 23.6. The molecule has 4 nitrogen and oxygen atoms in total. The number of nitrogens with zero attached hydrogens (tertiary/aromatic N) is 1. The van der Waals surface area contributed by atoms with Crippen LogP contribution in [-0.2, 0) is 19.4 Å². The van der Waals surface area contributed by atoms with Crippen molar-refractivity contribution in [1.29, 1.82) is 0 Å². The van der Waals surface area contributed by atoms with E-state index in [2.05, 4.69) is 0 Å². The number of carboxylic acid groups (broad SMARTS) is 1. The topological polar surface area (TPSA) is 59.3 Å². The van der Waals surface area contributed by atoms with E-state index in [1.807, 2.05) is 0 Å². The molecule has 1 N–H and O–H groups in total. The zero-order valence-electron chi connectivity index (χ0n) is 12.8. The van der Waals surface area contributed by atoms with Crippen molar-refractivity contribution in [2.75, 3.05) is 0 Å². The fourth-order valence-electron chi connectivity index (χ4n) is 3.06. The Hall–Kier alpha value is -1.79. The highest BCUT2D eigenvalue weighted by molar-refractivity contribution is 5.87. The number of hydrogen-bond donors (Lipinski definition) is 1. The summed E-state index contributed by atoms with van der Waals surface area (Å²) in [5.74, 6) is -1.33. The molecule has 2 rings (SSSR count). The summed E-state index contributed by atoms with van der Waals surface area (Å²) in [6.07, 6.45) is -0.407. The molecule has 0 aliphatic heterocycles. The molecule has 7 heteroatoms. The van der Waals surface area contributed by atoms with Crippen LogP contribution in [0.25, 0.3) is 0 Å². The van der Waals surface area contributed by atoms with E-state index in [0.717, 1.165) is 31.2 Å². The van der Waals surface area contributed by atoms with E-state index < -0.39 is 24.1 Å². The largest absolute Gasteiger partial charge is 0.477 e. The number of hydrogen-bond acceptors (Lipinski definition) is 2. The van der Waals surface area contributed by atoms with Gasteiger partial charge in [-0.15, -0.1) is 0 Å². The van der Waals surface area contributed by atoms with Crippen molar-refractivity contribution in [2.45, 2.75) is 64.1 Å². The molecule has 1 heterocycles. The van der Waals surface area contributed by atoms with Crippen LogP contribution < -0.4 is 5.56 Å². The lowest BCUT2D eigenvalue weighted by Crippen LogP contribution is -2.31. The van der Waals surface area contributed by atoms with Gasteiger partial charge >= 0.3 is 12.1 Å². The summed E-state index contributed by atoms with van der Waals surface area (Å²) < 4.78 is 38.3. The van der Waals surface area contributed by atoms with Crippen LogP contribution in [0.5, 0.6) is 0 Å². The summed E-state index contributed by atoms with van der Waals surface area (Å²) in [5, 5.41) is 9.18. The first-order chi connectivity index (χ1) is 10.8. The van der Waals surface area contributed by atoms with E-state index in [-0.39, 0.29) is 18.5 Å². The highest BCUT2D eigenvalue weighted by Gasteiger charge is 2.27. The Morgan fingerprint density at radius 2 is 1.83 bits per heavy atom. The number of alkyl halides is 3. The number of fused-ring (bicyclic) bond motifs is 1. The fourth-order valence-corrected chi connectivity index (χ4v) is 3.06. The van der Waals surface area contributed by atoms with Gasteiger partial charge in [-0.2, -0.15) is 13.2 Å². The molecule has 0 saturated heterocycles. The van der Waals surface area contributed by atoms with Gasteiger partial charge in [0.2, 0.25) is 0 Å². The van der Waals surface area contributed by atoms with Crippen molar-refractivity contribution in [3.63, 3.8) is 0 Å². The molecule has 1 aromatic rings. The molecule has 128 valence electrons. The van der Waals surface area contributed by atoms with E-state index in [9.17, 15) is 27.9 Å². The molecule has 0 unspecified atom stereocenters. The quantitative estimate of drug-likeness (QED) is 0.918. The molecule has 0 radical (unpaired) electrons. The van der Waals surface area contributed by atoms with Gasteiger partial charge in [-0.05, 0) is 43.7 Å². The summed E-state index contributed by atoms with van der Waals surface area (Å²) in [6, 6.07) is 1.41. The zero-order valence-corrected chi connectivity index (χ0v) is 12.8. The third-order valence-electron chi connectivity index (χ3n) is 4.17. The maximum absolute atomic E-state index is 12.3. The number of aryl methyl sites for hydroxylation is 1. The minimum absolute atomic E-state index is 0.0954. The summed E-state index contributed by atoms with van der Waals surface area (Å²) in [7, 11) is 0. The second-order valence-corrected chi connectivity index (χ2v) is 5.92. The van der Waals surface area contributed by atoms with Gasteiger partial charge in [0.05, 0.1) is 0 Å². The third kappa shape index (κ3) is 4.59. The molecule has 0 atom stereocenters. The average molecular weight is 331 g/mol. The van der Waals surface area contributed by atoms with Crippen LogP contribution in [0.15, 0.2) is 10.9 Å². The molecule has 1 aromatic heterocycles. The number of aromatic nitrogens is 1. The Morgan fingerprint density at radius 1 is 1.17 bits per heavy atom. The Morgan fingerprint density at radius 3 is 2.43 bits per heavy atom. The smallest absolute Gasteiger partial charge is 0.389 e. The number of carboxylic acids is 1. The first kappa shape index (κ1) is 17.6. The molecule has 1 aliphatic carbocycles. The Balaban J connectivity index is 2.39. The monoisotopic (exact) mass is 331 g/mol. The highest BCUT2D eigenvalue weighted by atomic mass is 19.4. The molecule has 1 aliphatic rings. The fraction of sp³-hybridized carbons (Fsp3) is 0.625. The van der Waals surface area contributed by atoms with Gasteiger partial charge in [0.1, 0.15) is 5.56 Å². The number of aromatic carboxylic acids is 1. The molecule has 23 heavy (non-hydrogen) atoms. The van der Waals surface area contributed by atoms with Gasteiger partial charge < -0.3 is 9.67 Å². The molecule has 0 spiro atoms. The first-order valence-corrected chi connectivity index (χ1v) is 7.85. The van der Waals surface area contributed by atoms with Crippen molar-refractivity contribution in [3.05, 3.63) is 33.2 Å². The van der Waals surface area contributed by atoms with Gasteiger partial charge in [0, 0.05) is 18.7 Å². The van der Waals surface area contributed by atoms with Crippen molar-refractivity contribution in [3.8, 4) is 0 Å². The van der Waals surface area contributed by atoms with E-state index in [4.69, 9.17) is 0 Å². The average Bonchev–Trinajstić information content (AvgIpc) is 2.41. The van der Waals surface area contributed by atoms with Gasteiger partial charge in [-0.3, -0.25) is 4.79 Å². The zero-order chi connectivity index (χ0) is 17.0. The molecular weight excluding hydrogens is 311 g/mol. The van der Waals surface area contributed by atoms with Crippen molar-refractivity contribution < 1.29 is 23.1 Å². The van der Waals surface area contributed by atoms with Crippen LogP contribution in [0.2, 0.25) is 0 Å². The van der Waals surface area contributed by atoms with Crippen LogP contribution in [0.4, 0.5) is 13.2 Å². The number of rotatable bonds is 4. The Kier molecular flexibility index (Phi) is 5.49. The van der Waals surface area contributed by atoms with Crippen molar-refractivity contribution in [2.24, 2.45) is 0 Å². The normalized spacial score (nSPS) is 15.6. The van der Waals surface area contributed by atoms with E-state index in [1.54, 1.807) is 0 Å². The van der Waals surface area contributed by atoms with E-state index in [1.165, 1.54) is 10.6 Å². The molecule has 0 fully saturated rings. The number of carbonyl (C=O) groups is 1. The maximum Gasteiger partial charge on any atom is 0.389 e.